The van der Waals surface area contributed by atoms with Crippen LogP contribution in [0.15, 0.2) is 10.7 Å². The molecule has 2 rings (SSSR count). The van der Waals surface area contributed by atoms with Gasteiger partial charge in [-0.15, -0.1) is 5.10 Å². The van der Waals surface area contributed by atoms with Gasteiger partial charge in [0.05, 0.1) is 12.8 Å². The van der Waals surface area contributed by atoms with Crippen LogP contribution in [-0.2, 0) is 11.3 Å². The molecule has 90 valence electrons. The molecule has 0 aliphatic rings. The second-order valence-corrected chi connectivity index (χ2v) is 3.51. The maximum absolute atomic E-state index is 11.1. The molecule has 2 aromatic heterocycles. The minimum absolute atomic E-state index is 0.0208. The molecule has 0 saturated heterocycles. The van der Waals surface area contributed by atoms with Gasteiger partial charge in [-0.2, -0.15) is 0 Å². The first-order chi connectivity index (χ1) is 8.10. The highest BCUT2D eigenvalue weighted by atomic mass is 16.5. The van der Waals surface area contributed by atoms with Crippen LogP contribution in [0.3, 0.4) is 0 Å². The first-order valence-electron chi connectivity index (χ1n) is 5.01. The Morgan fingerprint density at radius 3 is 2.88 bits per heavy atom. The number of aryl methyl sites for hydroxylation is 2. The van der Waals surface area contributed by atoms with Crippen molar-refractivity contribution in [1.82, 2.24) is 19.7 Å². The minimum Gasteiger partial charge on any atom is -0.463 e. The Morgan fingerprint density at radius 1 is 1.53 bits per heavy atom. The quantitative estimate of drug-likeness (QED) is 0.730. The van der Waals surface area contributed by atoms with E-state index in [1.165, 1.54) is 18.1 Å². The molecule has 0 radical (unpaired) electrons. The second-order valence-electron chi connectivity index (χ2n) is 3.51. The zero-order chi connectivity index (χ0) is 12.4. The number of oxazole rings is 1. The molecule has 7 nitrogen and oxygen atoms in total. The predicted octanol–water partition coefficient (Wildman–Crippen LogP) is 0.718. The van der Waals surface area contributed by atoms with Gasteiger partial charge in [-0.1, -0.05) is 0 Å². The van der Waals surface area contributed by atoms with Crippen molar-refractivity contribution in [3.63, 3.8) is 0 Å². The topological polar surface area (TPSA) is 83.0 Å². The Balaban J connectivity index is 2.14. The van der Waals surface area contributed by atoms with Gasteiger partial charge in [0.25, 0.3) is 5.82 Å². The van der Waals surface area contributed by atoms with Crippen LogP contribution in [0.4, 0.5) is 0 Å². The fourth-order valence-corrected chi connectivity index (χ4v) is 1.30. The van der Waals surface area contributed by atoms with Crippen molar-refractivity contribution in [2.45, 2.75) is 20.4 Å². The van der Waals surface area contributed by atoms with E-state index in [4.69, 9.17) is 4.42 Å². The average molecular weight is 236 g/mol. The summed E-state index contributed by atoms with van der Waals surface area (Å²) in [5.41, 5.74) is 0.841. The molecule has 0 bridgehead atoms. The Hall–Kier alpha value is -2.18. The molecule has 0 N–H and O–H groups in total. The van der Waals surface area contributed by atoms with E-state index in [9.17, 15) is 4.79 Å². The van der Waals surface area contributed by atoms with Gasteiger partial charge in [-0.3, -0.25) is 0 Å². The standard InChI is InChI=1S/C10H12N4O3/c1-6-7(2)17-8(12-6)4-14-5-11-9(13-14)10(15)16-3/h5H,4H2,1-3H3. The Labute approximate surface area is 97.4 Å². The fraction of sp³-hybridized carbons (Fsp3) is 0.400. The summed E-state index contributed by atoms with van der Waals surface area (Å²) in [6.07, 6.45) is 1.43. The van der Waals surface area contributed by atoms with Crippen molar-refractivity contribution in [2.75, 3.05) is 7.11 Å². The largest absolute Gasteiger partial charge is 0.463 e. The van der Waals surface area contributed by atoms with Crippen LogP contribution in [0.1, 0.15) is 28.0 Å². The van der Waals surface area contributed by atoms with E-state index in [1.54, 1.807) is 0 Å². The van der Waals surface area contributed by atoms with Gasteiger partial charge in [-0.25, -0.2) is 19.4 Å². The maximum atomic E-state index is 11.1. The smallest absolute Gasteiger partial charge is 0.377 e. The first kappa shape index (κ1) is 11.3. The molecule has 0 aliphatic carbocycles. The molecule has 0 spiro atoms. The van der Waals surface area contributed by atoms with Crippen LogP contribution in [0.2, 0.25) is 0 Å². The molecule has 0 unspecified atom stereocenters. The molecular formula is C10H12N4O3. The van der Waals surface area contributed by atoms with E-state index in [-0.39, 0.29) is 5.82 Å². The van der Waals surface area contributed by atoms with Crippen molar-refractivity contribution >= 4 is 5.97 Å². The number of ether oxygens (including phenoxy) is 1. The molecule has 17 heavy (non-hydrogen) atoms. The summed E-state index contributed by atoms with van der Waals surface area (Å²) in [5.74, 6) is 0.755. The van der Waals surface area contributed by atoms with Gasteiger partial charge in [0, 0.05) is 0 Å². The number of hydrogen-bond donors (Lipinski definition) is 0. The fourth-order valence-electron chi connectivity index (χ4n) is 1.30. The van der Waals surface area contributed by atoms with E-state index in [2.05, 4.69) is 19.8 Å². The number of methoxy groups -OCH3 is 1. The van der Waals surface area contributed by atoms with Crippen molar-refractivity contribution < 1.29 is 13.9 Å². The third kappa shape index (κ3) is 2.32. The molecule has 0 amide bonds. The molecular weight excluding hydrogens is 224 g/mol. The number of carbonyl (C=O) groups is 1. The highest BCUT2D eigenvalue weighted by Gasteiger charge is 2.13. The average Bonchev–Trinajstić information content (AvgIpc) is 2.87. The molecule has 0 aromatic carbocycles. The lowest BCUT2D eigenvalue weighted by atomic mass is 10.4. The third-order valence-electron chi connectivity index (χ3n) is 2.27. The highest BCUT2D eigenvalue weighted by molar-refractivity contribution is 5.84. The number of esters is 1. The van der Waals surface area contributed by atoms with Gasteiger partial charge in [0.1, 0.15) is 18.6 Å². The summed E-state index contributed by atoms with van der Waals surface area (Å²) < 4.78 is 11.4. The molecule has 0 fully saturated rings. The Morgan fingerprint density at radius 2 is 2.29 bits per heavy atom. The van der Waals surface area contributed by atoms with E-state index >= 15 is 0 Å². The van der Waals surface area contributed by atoms with Gasteiger partial charge in [0.2, 0.25) is 5.89 Å². The van der Waals surface area contributed by atoms with Crippen LogP contribution >= 0.6 is 0 Å². The monoisotopic (exact) mass is 236 g/mol. The Kier molecular flexibility index (Phi) is 2.90. The summed E-state index contributed by atoms with van der Waals surface area (Å²) in [6.45, 7) is 4.04. The summed E-state index contributed by atoms with van der Waals surface area (Å²) in [4.78, 5) is 19.2. The Bertz CT molecular complexity index is 524. The summed E-state index contributed by atoms with van der Waals surface area (Å²) in [5, 5.41) is 3.95. The number of hydrogen-bond acceptors (Lipinski definition) is 6. The molecule has 0 atom stereocenters. The molecule has 0 saturated carbocycles. The SMILES string of the molecule is COC(=O)c1ncn(Cc2nc(C)c(C)o2)n1. The lowest BCUT2D eigenvalue weighted by Crippen LogP contribution is -2.06. The molecule has 2 aromatic rings. The van der Waals surface area contributed by atoms with Gasteiger partial charge < -0.3 is 9.15 Å². The predicted molar refractivity (Wildman–Crippen MR) is 56.4 cm³/mol. The molecule has 2 heterocycles. The summed E-state index contributed by atoms with van der Waals surface area (Å²) in [7, 11) is 1.28. The van der Waals surface area contributed by atoms with Crippen LogP contribution in [0.5, 0.6) is 0 Å². The van der Waals surface area contributed by atoms with Crippen LogP contribution in [-0.4, -0.2) is 32.8 Å². The first-order valence-corrected chi connectivity index (χ1v) is 5.01. The number of carbonyl (C=O) groups excluding carboxylic acids is 1. The second kappa shape index (κ2) is 4.36. The number of rotatable bonds is 3. The molecule has 0 aliphatic heterocycles. The zero-order valence-corrected chi connectivity index (χ0v) is 9.80. The van der Waals surface area contributed by atoms with Gasteiger partial charge in [0.15, 0.2) is 0 Å². The summed E-state index contributed by atoms with van der Waals surface area (Å²) in [6, 6.07) is 0. The van der Waals surface area contributed by atoms with Gasteiger partial charge in [-0.05, 0) is 13.8 Å². The van der Waals surface area contributed by atoms with Crippen molar-refractivity contribution in [1.29, 1.82) is 0 Å². The van der Waals surface area contributed by atoms with Crippen molar-refractivity contribution in [2.24, 2.45) is 0 Å². The normalized spacial score (nSPS) is 10.5. The zero-order valence-electron chi connectivity index (χ0n) is 9.80. The van der Waals surface area contributed by atoms with Crippen molar-refractivity contribution in [3.8, 4) is 0 Å². The lowest BCUT2D eigenvalue weighted by molar-refractivity contribution is 0.0586. The van der Waals surface area contributed by atoms with E-state index in [0.717, 1.165) is 11.5 Å². The van der Waals surface area contributed by atoms with Crippen molar-refractivity contribution in [3.05, 3.63) is 29.5 Å². The van der Waals surface area contributed by atoms with Crippen LogP contribution in [0.25, 0.3) is 0 Å². The molecule has 7 heteroatoms. The van der Waals surface area contributed by atoms with Gasteiger partial charge >= 0.3 is 5.97 Å². The van der Waals surface area contributed by atoms with E-state index in [0.29, 0.717) is 12.4 Å². The van der Waals surface area contributed by atoms with Crippen LogP contribution in [0, 0.1) is 13.8 Å². The van der Waals surface area contributed by atoms with E-state index < -0.39 is 5.97 Å². The lowest BCUT2D eigenvalue weighted by Gasteiger charge is -1.94. The van der Waals surface area contributed by atoms with E-state index in [1.807, 2.05) is 13.8 Å². The minimum atomic E-state index is -0.566. The maximum Gasteiger partial charge on any atom is 0.377 e. The summed E-state index contributed by atoms with van der Waals surface area (Å²) >= 11 is 0. The highest BCUT2D eigenvalue weighted by Crippen LogP contribution is 2.09. The third-order valence-corrected chi connectivity index (χ3v) is 2.27. The van der Waals surface area contributed by atoms with Crippen LogP contribution < -0.4 is 0 Å². The number of nitrogens with zero attached hydrogens (tertiary/aromatic N) is 4. The number of aromatic nitrogens is 4.